The predicted octanol–water partition coefficient (Wildman–Crippen LogP) is 5.41. The lowest BCUT2D eigenvalue weighted by Crippen LogP contribution is -2.55. The van der Waals surface area contributed by atoms with Gasteiger partial charge in [0.05, 0.1) is 0 Å². The lowest BCUT2D eigenvalue weighted by atomic mass is 9.45. The molecule has 2 saturated carbocycles. The monoisotopic (exact) mass is 497 g/mol. The highest BCUT2D eigenvalue weighted by Crippen LogP contribution is 2.66. The third-order valence-corrected chi connectivity index (χ3v) is 11.3. The molecule has 0 spiro atoms. The second-order valence-corrected chi connectivity index (χ2v) is 13.3. The Bertz CT molecular complexity index is 1390. The highest BCUT2D eigenvalue weighted by molar-refractivity contribution is 5.55. The summed E-state index contributed by atoms with van der Waals surface area (Å²) in [4.78, 5) is 0. The summed E-state index contributed by atoms with van der Waals surface area (Å²) < 4.78 is 2.73. The Kier molecular flexibility index (Phi) is 4.37. The van der Waals surface area contributed by atoms with Crippen molar-refractivity contribution in [3.05, 3.63) is 80.6 Å². The Morgan fingerprint density at radius 2 is 0.973 bits per heavy atom. The fourth-order valence-electron chi connectivity index (χ4n) is 8.93. The summed E-state index contributed by atoms with van der Waals surface area (Å²) in [6.45, 7) is 13.5. The van der Waals surface area contributed by atoms with Crippen LogP contribution in [0.25, 0.3) is 22.8 Å². The third-order valence-electron chi connectivity index (χ3n) is 11.3. The van der Waals surface area contributed by atoms with E-state index in [0.29, 0.717) is 35.1 Å². The van der Waals surface area contributed by atoms with Crippen LogP contribution in [0.4, 0.5) is 0 Å². The first-order valence-corrected chi connectivity index (χ1v) is 13.7. The molecule has 0 saturated heterocycles. The number of hydrogen-bond donors (Lipinski definition) is 0. The van der Waals surface area contributed by atoms with Gasteiger partial charge in [0.25, 0.3) is 22.8 Å². The van der Waals surface area contributed by atoms with Crippen molar-refractivity contribution in [2.45, 2.75) is 78.1 Å². The van der Waals surface area contributed by atoms with Crippen LogP contribution >= 0.6 is 0 Å². The third kappa shape index (κ3) is 2.64. The summed E-state index contributed by atoms with van der Waals surface area (Å²) in [6, 6.07) is 12.8. The van der Waals surface area contributed by atoms with Gasteiger partial charge in [0.2, 0.25) is 0 Å². The molecule has 192 valence electrons. The first kappa shape index (κ1) is 23.0. The van der Waals surface area contributed by atoms with E-state index in [4.69, 9.17) is 0 Å². The molecular formula is C31H35N3O3. The summed E-state index contributed by atoms with van der Waals surface area (Å²) in [7, 11) is 0. The van der Waals surface area contributed by atoms with Crippen LogP contribution < -0.4 is 14.2 Å². The number of aromatic nitrogens is 3. The predicted molar refractivity (Wildman–Crippen MR) is 140 cm³/mol. The fraction of sp³-hybridized carbons (Fsp3) is 0.516. The fourth-order valence-corrected chi connectivity index (χ4v) is 8.93. The maximum absolute atomic E-state index is 13.7. The molecule has 6 atom stereocenters. The first-order valence-electron chi connectivity index (χ1n) is 13.7. The topological polar surface area (TPSA) is 80.8 Å². The quantitative estimate of drug-likeness (QED) is 0.350. The lowest BCUT2D eigenvalue weighted by Gasteiger charge is -2.58. The molecule has 6 heteroatoms. The maximum Gasteiger partial charge on any atom is 0.290 e. The molecule has 0 aromatic carbocycles. The van der Waals surface area contributed by atoms with E-state index in [9.17, 15) is 15.6 Å². The molecule has 2 fully saturated rings. The molecule has 3 aromatic heterocycles. The van der Waals surface area contributed by atoms with Gasteiger partial charge in [0, 0.05) is 47.2 Å². The Labute approximate surface area is 218 Å². The normalized spacial score (nSPS) is 31.5. The van der Waals surface area contributed by atoms with E-state index in [1.165, 1.54) is 0 Å². The van der Waals surface area contributed by atoms with Crippen molar-refractivity contribution in [2.75, 3.05) is 0 Å². The van der Waals surface area contributed by atoms with Crippen molar-refractivity contribution in [1.29, 1.82) is 0 Å². The van der Waals surface area contributed by atoms with Crippen LogP contribution in [-0.4, -0.2) is 0 Å². The van der Waals surface area contributed by atoms with Gasteiger partial charge in [0.1, 0.15) is 0 Å². The SMILES string of the molecule is C[C@@H]1c2c(ccc(-c3cccc(-c4ccc5c([n+]4[O-])[C@@H](C)[C@H]4C[C@@H]5C4(C)C)[n+]3[O-])[n+]2[O-])[C@@H]2C[C@H]1C2(C)C. The number of pyridine rings is 3. The van der Waals surface area contributed by atoms with E-state index in [1.807, 2.05) is 12.1 Å². The second kappa shape index (κ2) is 7.03. The van der Waals surface area contributed by atoms with Crippen LogP contribution in [0.5, 0.6) is 0 Å². The standard InChI is InChI=1S/C31H35N3O3/c1-16-20-14-22(30(20,3)4)18-10-12-26(33(36)28(16)18)24-8-7-9-25(32(24)35)27-13-11-19-23-15-21(31(23,5)6)17(2)29(19)34(27)37/h7-13,16-17,20-23H,14-15H2,1-6H3/t16-,17-,20+,21+,22-,23-/m0/s1. The van der Waals surface area contributed by atoms with Gasteiger partial charge in [-0.15, -0.1) is 0 Å². The highest BCUT2D eigenvalue weighted by Gasteiger charge is 2.60. The highest BCUT2D eigenvalue weighted by atomic mass is 16.5. The first-order chi connectivity index (χ1) is 17.5. The van der Waals surface area contributed by atoms with E-state index in [0.717, 1.165) is 49.5 Å². The molecular weight excluding hydrogens is 462 g/mol. The van der Waals surface area contributed by atoms with Gasteiger partial charge in [-0.1, -0.05) is 41.5 Å². The molecule has 0 N–H and O–H groups in total. The van der Waals surface area contributed by atoms with Crippen LogP contribution in [0.3, 0.4) is 0 Å². The summed E-state index contributed by atoms with van der Waals surface area (Å²) in [5, 5.41) is 41.1. The zero-order chi connectivity index (χ0) is 26.2. The van der Waals surface area contributed by atoms with E-state index in [-0.39, 0.29) is 34.1 Å². The molecule has 0 aliphatic heterocycles. The molecule has 37 heavy (non-hydrogen) atoms. The molecule has 6 nitrogen and oxygen atoms in total. The summed E-state index contributed by atoms with van der Waals surface area (Å²) in [5.41, 5.74) is 5.46. The van der Waals surface area contributed by atoms with E-state index >= 15 is 0 Å². The molecule has 0 unspecified atom stereocenters. The van der Waals surface area contributed by atoms with Gasteiger partial charge in [-0.2, -0.15) is 14.2 Å². The zero-order valence-electron chi connectivity index (χ0n) is 22.5. The minimum Gasteiger partial charge on any atom is -0.618 e. The zero-order valence-corrected chi connectivity index (χ0v) is 22.5. The minimum atomic E-state index is 0.136. The van der Waals surface area contributed by atoms with Gasteiger partial charge >= 0.3 is 0 Å². The number of rotatable bonds is 2. The number of hydrogen-bond acceptors (Lipinski definition) is 3. The van der Waals surface area contributed by atoms with Gasteiger partial charge in [-0.05, 0) is 65.5 Å². The van der Waals surface area contributed by atoms with Gasteiger partial charge in [-0.25, -0.2) is 0 Å². The van der Waals surface area contributed by atoms with E-state index in [1.54, 1.807) is 30.3 Å². The van der Waals surface area contributed by atoms with Crippen molar-refractivity contribution >= 4 is 0 Å². The average Bonchev–Trinajstić information content (AvgIpc) is 2.84. The molecule has 9 rings (SSSR count). The van der Waals surface area contributed by atoms with Crippen molar-refractivity contribution in [2.24, 2.45) is 22.7 Å². The molecule has 0 amide bonds. The molecule has 6 aliphatic rings. The van der Waals surface area contributed by atoms with Crippen LogP contribution in [0.2, 0.25) is 0 Å². The molecule has 0 radical (unpaired) electrons. The van der Waals surface area contributed by atoms with Crippen molar-refractivity contribution in [3.8, 4) is 22.8 Å². The van der Waals surface area contributed by atoms with Crippen LogP contribution in [-0.2, 0) is 0 Å². The van der Waals surface area contributed by atoms with Crippen molar-refractivity contribution in [1.82, 2.24) is 0 Å². The van der Waals surface area contributed by atoms with Gasteiger partial charge < -0.3 is 15.6 Å². The molecule has 4 bridgehead atoms. The smallest absolute Gasteiger partial charge is 0.290 e. The van der Waals surface area contributed by atoms with E-state index in [2.05, 4.69) is 41.5 Å². The molecule has 6 aliphatic carbocycles. The Morgan fingerprint density at radius 1 is 0.595 bits per heavy atom. The summed E-state index contributed by atoms with van der Waals surface area (Å²) >= 11 is 0. The van der Waals surface area contributed by atoms with E-state index < -0.39 is 0 Å². The van der Waals surface area contributed by atoms with Crippen LogP contribution in [0, 0.1) is 38.3 Å². The maximum atomic E-state index is 13.7. The Hall–Kier alpha value is -3.15. The van der Waals surface area contributed by atoms with Crippen LogP contribution in [0.15, 0.2) is 42.5 Å². The number of nitrogens with zero attached hydrogens (tertiary/aromatic N) is 3. The second-order valence-electron chi connectivity index (χ2n) is 13.3. The Morgan fingerprint density at radius 3 is 1.35 bits per heavy atom. The molecule has 3 heterocycles. The largest absolute Gasteiger partial charge is 0.618 e. The van der Waals surface area contributed by atoms with Gasteiger partial charge in [-0.3, -0.25) is 0 Å². The minimum absolute atomic E-state index is 0.136. The Balaban J connectivity index is 1.34. The summed E-state index contributed by atoms with van der Waals surface area (Å²) in [5.74, 6) is 1.99. The molecule has 3 aromatic rings. The van der Waals surface area contributed by atoms with Crippen molar-refractivity contribution < 1.29 is 14.2 Å². The average molecular weight is 498 g/mol. The van der Waals surface area contributed by atoms with Crippen LogP contribution in [0.1, 0.15) is 101 Å². The van der Waals surface area contributed by atoms with Crippen molar-refractivity contribution in [3.63, 3.8) is 0 Å². The van der Waals surface area contributed by atoms with Gasteiger partial charge in [0.15, 0.2) is 11.4 Å². The lowest BCUT2D eigenvalue weighted by molar-refractivity contribution is -0.640. The summed E-state index contributed by atoms with van der Waals surface area (Å²) in [6.07, 6.45) is 2.24.